The fraction of sp³-hybridized carbons (Fsp3) is 0.429. The van der Waals surface area contributed by atoms with Crippen molar-refractivity contribution in [2.24, 2.45) is 5.92 Å². The molecule has 0 heterocycles. The predicted octanol–water partition coefficient (Wildman–Crippen LogP) is 1.89. The van der Waals surface area contributed by atoms with Crippen LogP contribution in [0.1, 0.15) is 12.8 Å². The summed E-state index contributed by atoms with van der Waals surface area (Å²) in [5.41, 5.74) is 1.58. The molecule has 36 valence electrons. The van der Waals surface area contributed by atoms with E-state index in [1.165, 1.54) is 12.8 Å². The Labute approximate surface area is 43.5 Å². The molecule has 0 saturated heterocycles. The van der Waals surface area contributed by atoms with Crippen LogP contribution in [0.5, 0.6) is 0 Å². The van der Waals surface area contributed by atoms with Crippen molar-refractivity contribution >= 4 is 0 Å². The van der Waals surface area contributed by atoms with Gasteiger partial charge in [-0.1, -0.05) is 18.2 Å². The minimum atomic E-state index is 0.907. The minimum absolute atomic E-state index is 0.907. The molecule has 0 aromatic carbocycles. The van der Waals surface area contributed by atoms with E-state index in [0.29, 0.717) is 0 Å². The van der Waals surface area contributed by atoms with Crippen LogP contribution in [0.4, 0.5) is 0 Å². The minimum Gasteiger partial charge on any atom is -0.0842 e. The van der Waals surface area contributed by atoms with Crippen LogP contribution in [0.3, 0.4) is 0 Å². The molecule has 1 atom stereocenters. The van der Waals surface area contributed by atoms with Crippen molar-refractivity contribution in [3.63, 3.8) is 0 Å². The molecule has 7 heavy (non-hydrogen) atoms. The molecule has 0 spiro atoms. The van der Waals surface area contributed by atoms with E-state index in [2.05, 4.69) is 18.2 Å². The van der Waals surface area contributed by atoms with Crippen molar-refractivity contribution in [1.29, 1.82) is 0 Å². The maximum absolute atomic E-state index is 2.34. The summed E-state index contributed by atoms with van der Waals surface area (Å²) in [5.74, 6) is 0.907. The molecule has 0 N–H and O–H groups in total. The van der Waals surface area contributed by atoms with Crippen LogP contribution in [-0.2, 0) is 0 Å². The first-order valence-corrected chi connectivity index (χ1v) is 2.85. The maximum atomic E-state index is 2.34. The Hall–Kier alpha value is -0.520. The first-order valence-electron chi connectivity index (χ1n) is 2.85. The fourth-order valence-electron chi connectivity index (χ4n) is 1.11. The van der Waals surface area contributed by atoms with Crippen molar-refractivity contribution in [1.82, 2.24) is 0 Å². The number of hydrogen-bond donors (Lipinski definition) is 0. The van der Waals surface area contributed by atoms with E-state index < -0.39 is 0 Å². The van der Waals surface area contributed by atoms with Gasteiger partial charge in [0.05, 0.1) is 0 Å². The molecule has 0 aliphatic heterocycles. The third kappa shape index (κ3) is 0.426. The van der Waals surface area contributed by atoms with Crippen LogP contribution in [0, 0.1) is 5.92 Å². The van der Waals surface area contributed by atoms with Gasteiger partial charge in [-0.25, -0.2) is 0 Å². The summed E-state index contributed by atoms with van der Waals surface area (Å²) < 4.78 is 0. The lowest BCUT2D eigenvalue weighted by Crippen LogP contribution is -1.83. The number of hydrogen-bond acceptors (Lipinski definition) is 0. The number of fused-ring (bicyclic) bond motifs is 1. The average molecular weight is 92.1 g/mol. The van der Waals surface area contributed by atoms with Gasteiger partial charge in [0.15, 0.2) is 0 Å². The van der Waals surface area contributed by atoms with Crippen LogP contribution >= 0.6 is 0 Å². The molecular weight excluding hydrogens is 84.1 g/mol. The third-order valence-electron chi connectivity index (χ3n) is 1.67. The average Bonchev–Trinajstić information content (AvgIpc) is 2.41. The smallest absolute Gasteiger partial charge is 0.00239 e. The van der Waals surface area contributed by atoms with Gasteiger partial charge in [0.1, 0.15) is 0 Å². The van der Waals surface area contributed by atoms with Crippen LogP contribution < -0.4 is 0 Å². The van der Waals surface area contributed by atoms with Crippen LogP contribution in [-0.4, -0.2) is 0 Å². The van der Waals surface area contributed by atoms with Gasteiger partial charge in [0, 0.05) is 5.92 Å². The van der Waals surface area contributed by atoms with Crippen molar-refractivity contribution in [3.05, 3.63) is 23.8 Å². The molecule has 0 heteroatoms. The predicted molar refractivity (Wildman–Crippen MR) is 29.9 cm³/mol. The second kappa shape index (κ2) is 1.00. The summed E-state index contributed by atoms with van der Waals surface area (Å²) in [6.45, 7) is 0. The highest BCUT2D eigenvalue weighted by atomic mass is 14.3. The largest absolute Gasteiger partial charge is 0.0842 e. The molecule has 2 aliphatic carbocycles. The quantitative estimate of drug-likeness (QED) is 0.428. The molecule has 1 unspecified atom stereocenters. The first kappa shape index (κ1) is 3.48. The standard InChI is InChI=1S/C7H8/c1-2-4-7-5-6(7)3-1/h1,3,5,7H,2,4H2. The van der Waals surface area contributed by atoms with E-state index in [1.54, 1.807) is 5.57 Å². The Morgan fingerprint density at radius 1 is 1.57 bits per heavy atom. The molecule has 0 saturated carbocycles. The van der Waals surface area contributed by atoms with Gasteiger partial charge in [-0.3, -0.25) is 0 Å². The van der Waals surface area contributed by atoms with Gasteiger partial charge < -0.3 is 0 Å². The molecule has 0 bridgehead atoms. The highest BCUT2D eigenvalue weighted by Crippen LogP contribution is 2.37. The van der Waals surface area contributed by atoms with E-state index in [1.807, 2.05) is 0 Å². The molecule has 0 radical (unpaired) electrons. The Kier molecular flexibility index (Phi) is 0.498. The molecule has 0 amide bonds. The summed E-state index contributed by atoms with van der Waals surface area (Å²) in [6.07, 6.45) is 9.52. The zero-order valence-corrected chi connectivity index (χ0v) is 4.22. The summed E-state index contributed by atoms with van der Waals surface area (Å²) in [4.78, 5) is 0. The van der Waals surface area contributed by atoms with Crippen molar-refractivity contribution in [3.8, 4) is 0 Å². The molecular formula is C7H8. The summed E-state index contributed by atoms with van der Waals surface area (Å²) in [6, 6.07) is 0. The zero-order chi connectivity index (χ0) is 4.69. The van der Waals surface area contributed by atoms with Gasteiger partial charge in [0.25, 0.3) is 0 Å². The van der Waals surface area contributed by atoms with Gasteiger partial charge >= 0.3 is 0 Å². The lowest BCUT2D eigenvalue weighted by atomic mass is 10.1. The molecule has 0 fully saturated rings. The topological polar surface area (TPSA) is 0 Å². The normalized spacial score (nSPS) is 34.3. The van der Waals surface area contributed by atoms with Gasteiger partial charge in [-0.15, -0.1) is 0 Å². The lowest BCUT2D eigenvalue weighted by Gasteiger charge is -1.97. The highest BCUT2D eigenvalue weighted by molar-refractivity contribution is 5.41. The van der Waals surface area contributed by atoms with E-state index >= 15 is 0 Å². The van der Waals surface area contributed by atoms with Gasteiger partial charge in [-0.05, 0) is 18.4 Å². The van der Waals surface area contributed by atoms with E-state index in [0.717, 1.165) is 5.92 Å². The van der Waals surface area contributed by atoms with E-state index in [4.69, 9.17) is 0 Å². The Morgan fingerprint density at radius 3 is 3.14 bits per heavy atom. The van der Waals surface area contributed by atoms with Gasteiger partial charge in [0.2, 0.25) is 0 Å². The lowest BCUT2D eigenvalue weighted by molar-refractivity contribution is 0.763. The maximum Gasteiger partial charge on any atom is 0.00239 e. The van der Waals surface area contributed by atoms with Crippen LogP contribution in [0.25, 0.3) is 0 Å². The second-order valence-corrected chi connectivity index (χ2v) is 2.25. The fourth-order valence-corrected chi connectivity index (χ4v) is 1.11. The summed E-state index contributed by atoms with van der Waals surface area (Å²) >= 11 is 0. The van der Waals surface area contributed by atoms with Crippen LogP contribution in [0.15, 0.2) is 23.8 Å². The summed E-state index contributed by atoms with van der Waals surface area (Å²) in [7, 11) is 0. The van der Waals surface area contributed by atoms with Gasteiger partial charge in [-0.2, -0.15) is 0 Å². The first-order chi connectivity index (χ1) is 3.47. The van der Waals surface area contributed by atoms with E-state index in [-0.39, 0.29) is 0 Å². The SMILES string of the molecule is C1=CC2=CC2CC1. The monoisotopic (exact) mass is 92.1 g/mol. The number of rotatable bonds is 0. The molecule has 2 rings (SSSR count). The summed E-state index contributed by atoms with van der Waals surface area (Å²) in [5, 5.41) is 0. The Balaban J connectivity index is 2.23. The number of allylic oxidation sites excluding steroid dienone is 4. The molecule has 0 aromatic heterocycles. The van der Waals surface area contributed by atoms with Crippen molar-refractivity contribution in [2.75, 3.05) is 0 Å². The second-order valence-electron chi connectivity index (χ2n) is 2.25. The van der Waals surface area contributed by atoms with E-state index in [9.17, 15) is 0 Å². The Bertz CT molecular complexity index is 140. The van der Waals surface area contributed by atoms with Crippen molar-refractivity contribution < 1.29 is 0 Å². The van der Waals surface area contributed by atoms with Crippen molar-refractivity contribution in [2.45, 2.75) is 12.8 Å². The van der Waals surface area contributed by atoms with Crippen LogP contribution in [0.2, 0.25) is 0 Å². The molecule has 2 aliphatic rings. The highest BCUT2D eigenvalue weighted by Gasteiger charge is 2.22. The third-order valence-corrected chi connectivity index (χ3v) is 1.67. The molecule has 0 nitrogen and oxygen atoms in total. The zero-order valence-electron chi connectivity index (χ0n) is 4.22. The Morgan fingerprint density at radius 2 is 2.57 bits per heavy atom. The molecule has 0 aromatic rings.